The van der Waals surface area contributed by atoms with Crippen LogP contribution in [0.25, 0.3) is 0 Å². The Labute approximate surface area is 136 Å². The van der Waals surface area contributed by atoms with Crippen molar-refractivity contribution >= 4 is 27.5 Å². The van der Waals surface area contributed by atoms with Crippen LogP contribution in [0.2, 0.25) is 5.02 Å². The Bertz CT molecular complexity index is 596. The zero-order chi connectivity index (χ0) is 16.0. The fraction of sp³-hybridized carbons (Fsp3) is 0.533. The first kappa shape index (κ1) is 17.2. The molecule has 1 fully saturated rings. The predicted octanol–water partition coefficient (Wildman–Crippen LogP) is 2.46. The molecule has 0 bridgehead atoms. The second-order valence-corrected chi connectivity index (χ2v) is 7.71. The second kappa shape index (κ2) is 7.94. The van der Waals surface area contributed by atoms with Gasteiger partial charge in [-0.15, -0.1) is 0 Å². The molecule has 0 spiro atoms. The molecule has 22 heavy (non-hydrogen) atoms. The van der Waals surface area contributed by atoms with Crippen molar-refractivity contribution in [1.82, 2.24) is 10.0 Å². The number of carbonyl (C=O) groups is 1. The monoisotopic (exact) mass is 344 g/mol. The third-order valence-corrected chi connectivity index (χ3v) is 5.47. The van der Waals surface area contributed by atoms with Gasteiger partial charge in [0.25, 0.3) is 0 Å². The number of sulfonamides is 1. The molecule has 2 rings (SSSR count). The second-order valence-electron chi connectivity index (χ2n) is 5.50. The first-order valence-electron chi connectivity index (χ1n) is 7.52. The van der Waals surface area contributed by atoms with Crippen molar-refractivity contribution in [1.29, 1.82) is 0 Å². The summed E-state index contributed by atoms with van der Waals surface area (Å²) in [7, 11) is -3.59. The van der Waals surface area contributed by atoms with Crippen LogP contribution in [0, 0.1) is 0 Å². The van der Waals surface area contributed by atoms with Gasteiger partial charge in [-0.25, -0.2) is 13.1 Å². The third-order valence-electron chi connectivity index (χ3n) is 3.74. The number of rotatable bonds is 6. The zero-order valence-corrected chi connectivity index (χ0v) is 13.9. The van der Waals surface area contributed by atoms with E-state index in [1.807, 2.05) is 0 Å². The Kier molecular flexibility index (Phi) is 6.23. The van der Waals surface area contributed by atoms with E-state index < -0.39 is 10.0 Å². The molecule has 0 heterocycles. The summed E-state index contributed by atoms with van der Waals surface area (Å²) >= 11 is 5.73. The fourth-order valence-electron chi connectivity index (χ4n) is 2.54. The molecule has 7 heteroatoms. The van der Waals surface area contributed by atoms with Crippen LogP contribution in [0.5, 0.6) is 0 Å². The molecule has 0 radical (unpaired) electrons. The minimum atomic E-state index is -3.59. The van der Waals surface area contributed by atoms with Gasteiger partial charge in [-0.3, -0.25) is 4.79 Å². The fourth-order valence-corrected chi connectivity index (χ4v) is 3.70. The number of carbonyl (C=O) groups excluding carboxylic acids is 1. The molecule has 1 aliphatic rings. The van der Waals surface area contributed by atoms with Crippen LogP contribution >= 0.6 is 11.6 Å². The summed E-state index contributed by atoms with van der Waals surface area (Å²) in [6, 6.07) is 6.16. The Morgan fingerprint density at radius 1 is 1.14 bits per heavy atom. The van der Waals surface area contributed by atoms with Gasteiger partial charge >= 0.3 is 0 Å². The van der Waals surface area contributed by atoms with Crippen molar-refractivity contribution in [3.05, 3.63) is 29.3 Å². The Hall–Kier alpha value is -1.11. The van der Waals surface area contributed by atoms with Gasteiger partial charge in [0, 0.05) is 24.0 Å². The highest BCUT2D eigenvalue weighted by atomic mass is 35.5. The number of benzene rings is 1. The Balaban J connectivity index is 1.77. The van der Waals surface area contributed by atoms with Gasteiger partial charge in [-0.2, -0.15) is 0 Å². The van der Waals surface area contributed by atoms with Crippen molar-refractivity contribution in [2.45, 2.75) is 49.5 Å². The van der Waals surface area contributed by atoms with Gasteiger partial charge in [0.1, 0.15) is 0 Å². The number of nitrogens with one attached hydrogen (secondary N) is 2. The lowest BCUT2D eigenvalue weighted by Gasteiger charge is -2.22. The molecule has 2 N–H and O–H groups in total. The van der Waals surface area contributed by atoms with Crippen LogP contribution in [0.15, 0.2) is 29.2 Å². The van der Waals surface area contributed by atoms with Crippen molar-refractivity contribution in [2.75, 3.05) is 6.54 Å². The van der Waals surface area contributed by atoms with Crippen molar-refractivity contribution < 1.29 is 13.2 Å². The molecule has 0 atom stereocenters. The van der Waals surface area contributed by atoms with E-state index >= 15 is 0 Å². The lowest BCUT2D eigenvalue weighted by atomic mass is 9.95. The van der Waals surface area contributed by atoms with E-state index in [1.165, 1.54) is 30.7 Å². The van der Waals surface area contributed by atoms with Gasteiger partial charge in [0.05, 0.1) is 4.90 Å². The molecule has 1 aromatic carbocycles. The highest BCUT2D eigenvalue weighted by Crippen LogP contribution is 2.17. The highest BCUT2D eigenvalue weighted by Gasteiger charge is 2.17. The molecular weight excluding hydrogens is 324 g/mol. The quantitative estimate of drug-likeness (QED) is 0.832. The van der Waals surface area contributed by atoms with Gasteiger partial charge in [-0.05, 0) is 37.1 Å². The Morgan fingerprint density at radius 3 is 2.41 bits per heavy atom. The van der Waals surface area contributed by atoms with Crippen LogP contribution in [-0.2, 0) is 14.8 Å². The van der Waals surface area contributed by atoms with E-state index in [0.29, 0.717) is 5.02 Å². The normalized spacial score (nSPS) is 16.4. The summed E-state index contributed by atoms with van der Waals surface area (Å²) in [5.41, 5.74) is 0. The molecule has 5 nitrogen and oxygen atoms in total. The van der Waals surface area contributed by atoms with Crippen LogP contribution in [-0.4, -0.2) is 26.9 Å². The van der Waals surface area contributed by atoms with E-state index in [0.717, 1.165) is 25.7 Å². The first-order chi connectivity index (χ1) is 10.5. The number of hydrogen-bond acceptors (Lipinski definition) is 3. The molecule has 1 amide bonds. The molecule has 1 aliphatic carbocycles. The van der Waals surface area contributed by atoms with E-state index in [2.05, 4.69) is 10.0 Å². The molecule has 1 aromatic rings. The van der Waals surface area contributed by atoms with Gasteiger partial charge in [-0.1, -0.05) is 30.9 Å². The van der Waals surface area contributed by atoms with Crippen LogP contribution in [0.1, 0.15) is 38.5 Å². The van der Waals surface area contributed by atoms with Gasteiger partial charge in [0.2, 0.25) is 15.9 Å². The lowest BCUT2D eigenvalue weighted by Crippen LogP contribution is -2.38. The van der Waals surface area contributed by atoms with Crippen LogP contribution < -0.4 is 10.0 Å². The summed E-state index contributed by atoms with van der Waals surface area (Å²) in [5, 5.41) is 3.44. The van der Waals surface area contributed by atoms with Crippen molar-refractivity contribution in [3.8, 4) is 0 Å². The lowest BCUT2D eigenvalue weighted by molar-refractivity contribution is -0.121. The number of halogens is 1. The third kappa shape index (κ3) is 5.26. The standard InChI is InChI=1S/C15H21ClN2O3S/c16-12-6-8-14(9-7-12)22(20,21)17-11-10-15(19)18-13-4-2-1-3-5-13/h6-9,13,17H,1-5,10-11H2,(H,18,19). The molecule has 0 aliphatic heterocycles. The van der Waals surface area contributed by atoms with Gasteiger partial charge < -0.3 is 5.32 Å². The average Bonchev–Trinajstić information content (AvgIpc) is 2.48. The Morgan fingerprint density at radius 2 is 1.77 bits per heavy atom. The summed E-state index contributed by atoms with van der Waals surface area (Å²) < 4.78 is 26.5. The smallest absolute Gasteiger partial charge is 0.240 e. The maximum Gasteiger partial charge on any atom is 0.240 e. The number of hydrogen-bond donors (Lipinski definition) is 2. The van der Waals surface area contributed by atoms with Crippen LogP contribution in [0.3, 0.4) is 0 Å². The molecular formula is C15H21ClN2O3S. The van der Waals surface area contributed by atoms with Crippen molar-refractivity contribution in [2.24, 2.45) is 0 Å². The molecule has 0 aromatic heterocycles. The highest BCUT2D eigenvalue weighted by molar-refractivity contribution is 7.89. The maximum atomic E-state index is 12.0. The minimum Gasteiger partial charge on any atom is -0.353 e. The minimum absolute atomic E-state index is 0.0868. The molecule has 0 saturated heterocycles. The summed E-state index contributed by atoms with van der Waals surface area (Å²) in [6.07, 6.45) is 5.70. The number of amides is 1. The molecule has 0 unspecified atom stereocenters. The first-order valence-corrected chi connectivity index (χ1v) is 9.38. The van der Waals surface area contributed by atoms with Gasteiger partial charge in [0.15, 0.2) is 0 Å². The summed E-state index contributed by atoms with van der Waals surface area (Å²) in [6.45, 7) is 0.0868. The van der Waals surface area contributed by atoms with Crippen molar-refractivity contribution in [3.63, 3.8) is 0 Å². The molecule has 122 valence electrons. The average molecular weight is 345 g/mol. The van der Waals surface area contributed by atoms with E-state index in [4.69, 9.17) is 11.6 Å². The SMILES string of the molecule is O=C(CCNS(=O)(=O)c1ccc(Cl)cc1)NC1CCCCC1. The van der Waals surface area contributed by atoms with E-state index in [1.54, 1.807) is 0 Å². The predicted molar refractivity (Wildman–Crippen MR) is 86.3 cm³/mol. The summed E-state index contributed by atoms with van der Waals surface area (Å²) in [5.74, 6) is -0.106. The van der Waals surface area contributed by atoms with E-state index in [-0.39, 0.29) is 29.8 Å². The summed E-state index contributed by atoms with van der Waals surface area (Å²) in [4.78, 5) is 12.0. The topological polar surface area (TPSA) is 75.3 Å². The largest absolute Gasteiger partial charge is 0.353 e. The maximum absolute atomic E-state index is 12.0. The zero-order valence-electron chi connectivity index (χ0n) is 12.3. The molecule has 1 saturated carbocycles. The van der Waals surface area contributed by atoms with E-state index in [9.17, 15) is 13.2 Å². The van der Waals surface area contributed by atoms with Crippen LogP contribution in [0.4, 0.5) is 0 Å².